The SMILES string of the molecule is CCC/C=C\C/C=C\CCCCCCCC(=O)OCC(O)COP(=O)(O)OCCNC(=O)CCCCCCC. The molecule has 0 radical (unpaired) electrons. The second-order valence-corrected chi connectivity index (χ2v) is 11.2. The van der Waals surface area contributed by atoms with Gasteiger partial charge in [0.25, 0.3) is 0 Å². The summed E-state index contributed by atoms with van der Waals surface area (Å²) < 4.78 is 26.4. The molecule has 0 fully saturated rings. The van der Waals surface area contributed by atoms with E-state index in [1.807, 2.05) is 0 Å². The summed E-state index contributed by atoms with van der Waals surface area (Å²) in [6, 6.07) is 0. The number of carbonyl (C=O) groups is 2. The molecule has 0 aliphatic heterocycles. The van der Waals surface area contributed by atoms with Gasteiger partial charge >= 0.3 is 13.8 Å². The number of rotatable bonds is 27. The first-order valence-electron chi connectivity index (χ1n) is 14.8. The van der Waals surface area contributed by atoms with Crippen LogP contribution in [0.15, 0.2) is 24.3 Å². The van der Waals surface area contributed by atoms with Crippen molar-refractivity contribution in [3.8, 4) is 0 Å². The zero-order valence-corrected chi connectivity index (χ0v) is 25.2. The normalized spacial score (nSPS) is 14.1. The van der Waals surface area contributed by atoms with Crippen LogP contribution < -0.4 is 5.32 Å². The van der Waals surface area contributed by atoms with Gasteiger partial charge in [0.2, 0.25) is 5.91 Å². The fourth-order valence-electron chi connectivity index (χ4n) is 3.59. The lowest BCUT2D eigenvalue weighted by atomic mass is 10.1. The van der Waals surface area contributed by atoms with Gasteiger partial charge in [-0.2, -0.15) is 0 Å². The number of unbranched alkanes of at least 4 members (excludes halogenated alkanes) is 10. The average Bonchev–Trinajstić information content (AvgIpc) is 2.91. The minimum Gasteiger partial charge on any atom is -0.463 e. The standard InChI is InChI=1S/C29H54NO8P/c1-3-5-7-9-10-11-12-13-14-15-16-18-20-22-29(33)36-25-27(31)26-38-39(34,35)37-24-23-30-28(32)21-19-17-8-6-4-2/h7,9,11-12,27,31H,3-6,8,10,13-26H2,1-2H3,(H,30,32)(H,34,35)/b9-7-,12-11-. The summed E-state index contributed by atoms with van der Waals surface area (Å²) in [4.78, 5) is 33.3. The molecule has 1 amide bonds. The van der Waals surface area contributed by atoms with Crippen molar-refractivity contribution in [1.29, 1.82) is 0 Å². The van der Waals surface area contributed by atoms with Crippen LogP contribution in [0.25, 0.3) is 0 Å². The van der Waals surface area contributed by atoms with E-state index in [4.69, 9.17) is 13.8 Å². The third kappa shape index (κ3) is 27.8. The van der Waals surface area contributed by atoms with Crippen molar-refractivity contribution in [1.82, 2.24) is 5.32 Å². The smallest absolute Gasteiger partial charge is 0.463 e. The number of amides is 1. The third-order valence-electron chi connectivity index (χ3n) is 5.87. The Hall–Kier alpha value is -1.51. The van der Waals surface area contributed by atoms with E-state index in [0.29, 0.717) is 6.42 Å². The molecule has 228 valence electrons. The zero-order valence-electron chi connectivity index (χ0n) is 24.3. The molecule has 0 rings (SSSR count). The number of phosphoric ester groups is 1. The molecular weight excluding hydrogens is 521 g/mol. The first kappa shape index (κ1) is 37.5. The topological polar surface area (TPSA) is 131 Å². The minimum absolute atomic E-state index is 0.0793. The molecule has 10 heteroatoms. The van der Waals surface area contributed by atoms with Crippen LogP contribution in [0.5, 0.6) is 0 Å². The number of aliphatic hydroxyl groups excluding tert-OH is 1. The van der Waals surface area contributed by atoms with Gasteiger partial charge in [-0.15, -0.1) is 0 Å². The van der Waals surface area contributed by atoms with E-state index in [1.54, 1.807) is 0 Å². The van der Waals surface area contributed by atoms with E-state index in [0.717, 1.165) is 83.5 Å². The number of ether oxygens (including phenoxy) is 1. The Morgan fingerprint density at radius 2 is 1.44 bits per heavy atom. The minimum atomic E-state index is -4.39. The Bertz CT molecular complexity index is 713. The summed E-state index contributed by atoms with van der Waals surface area (Å²) in [5.41, 5.74) is 0. The highest BCUT2D eigenvalue weighted by Crippen LogP contribution is 2.42. The molecule has 0 saturated heterocycles. The largest absolute Gasteiger partial charge is 0.472 e. The molecule has 2 atom stereocenters. The fourth-order valence-corrected chi connectivity index (χ4v) is 4.35. The number of carbonyl (C=O) groups excluding carboxylic acids is 2. The molecule has 0 bridgehead atoms. The molecule has 0 saturated carbocycles. The van der Waals surface area contributed by atoms with Crippen molar-refractivity contribution in [2.24, 2.45) is 0 Å². The lowest BCUT2D eigenvalue weighted by Gasteiger charge is -2.15. The molecule has 0 aliphatic rings. The summed E-state index contributed by atoms with van der Waals surface area (Å²) in [5.74, 6) is -0.548. The summed E-state index contributed by atoms with van der Waals surface area (Å²) in [6.45, 7) is 3.34. The van der Waals surface area contributed by atoms with Crippen molar-refractivity contribution in [3.05, 3.63) is 24.3 Å². The van der Waals surface area contributed by atoms with E-state index in [2.05, 4.69) is 43.5 Å². The van der Waals surface area contributed by atoms with Crippen molar-refractivity contribution in [2.45, 2.75) is 123 Å². The first-order valence-corrected chi connectivity index (χ1v) is 16.3. The van der Waals surface area contributed by atoms with Gasteiger partial charge in [0.1, 0.15) is 12.7 Å². The third-order valence-corrected chi connectivity index (χ3v) is 6.85. The highest BCUT2D eigenvalue weighted by Gasteiger charge is 2.23. The Kier molecular flexibility index (Phi) is 25.7. The number of hydrogen-bond acceptors (Lipinski definition) is 7. The number of hydrogen-bond donors (Lipinski definition) is 3. The molecule has 39 heavy (non-hydrogen) atoms. The Labute approximate surface area is 236 Å². The van der Waals surface area contributed by atoms with Crippen molar-refractivity contribution >= 4 is 19.7 Å². The van der Waals surface area contributed by atoms with E-state index in [-0.39, 0.29) is 32.1 Å². The average molecular weight is 576 g/mol. The predicted octanol–water partition coefficient (Wildman–Crippen LogP) is 6.53. The summed E-state index contributed by atoms with van der Waals surface area (Å²) in [6.07, 6.45) is 22.9. The Morgan fingerprint density at radius 1 is 0.795 bits per heavy atom. The van der Waals surface area contributed by atoms with Crippen LogP contribution in [-0.2, 0) is 27.9 Å². The Morgan fingerprint density at radius 3 is 2.15 bits per heavy atom. The summed E-state index contributed by atoms with van der Waals surface area (Å²) >= 11 is 0. The highest BCUT2D eigenvalue weighted by molar-refractivity contribution is 7.47. The van der Waals surface area contributed by atoms with Crippen molar-refractivity contribution in [3.63, 3.8) is 0 Å². The van der Waals surface area contributed by atoms with Gasteiger partial charge in [-0.1, -0.05) is 89.5 Å². The maximum absolute atomic E-state index is 11.9. The first-order chi connectivity index (χ1) is 18.8. The molecular formula is C29H54NO8P. The highest BCUT2D eigenvalue weighted by atomic mass is 31.2. The lowest BCUT2D eigenvalue weighted by Crippen LogP contribution is -2.27. The fraction of sp³-hybridized carbons (Fsp3) is 0.793. The van der Waals surface area contributed by atoms with Crippen LogP contribution in [0.1, 0.15) is 117 Å². The maximum Gasteiger partial charge on any atom is 0.472 e. The van der Waals surface area contributed by atoms with Crippen LogP contribution in [0.3, 0.4) is 0 Å². The molecule has 0 aromatic rings. The van der Waals surface area contributed by atoms with E-state index < -0.39 is 26.5 Å². The lowest BCUT2D eigenvalue weighted by molar-refractivity contribution is -0.147. The second-order valence-electron chi connectivity index (χ2n) is 9.72. The van der Waals surface area contributed by atoms with Crippen molar-refractivity contribution < 1.29 is 37.9 Å². The molecule has 0 aromatic heterocycles. The monoisotopic (exact) mass is 575 g/mol. The van der Waals surface area contributed by atoms with Gasteiger partial charge in [-0.25, -0.2) is 4.57 Å². The molecule has 0 aromatic carbocycles. The van der Waals surface area contributed by atoms with Crippen LogP contribution >= 0.6 is 7.82 Å². The van der Waals surface area contributed by atoms with E-state index >= 15 is 0 Å². The van der Waals surface area contributed by atoms with Gasteiger partial charge in [-0.05, 0) is 38.5 Å². The molecule has 2 unspecified atom stereocenters. The molecule has 0 spiro atoms. The number of esters is 1. The van der Waals surface area contributed by atoms with Crippen LogP contribution in [0.2, 0.25) is 0 Å². The molecule has 3 N–H and O–H groups in total. The van der Waals surface area contributed by atoms with Gasteiger partial charge in [-0.3, -0.25) is 18.6 Å². The predicted molar refractivity (Wildman–Crippen MR) is 155 cm³/mol. The summed E-state index contributed by atoms with van der Waals surface area (Å²) in [7, 11) is -4.39. The van der Waals surface area contributed by atoms with Gasteiger partial charge in [0, 0.05) is 19.4 Å². The van der Waals surface area contributed by atoms with E-state index in [1.165, 1.54) is 6.42 Å². The number of allylic oxidation sites excluding steroid dienone is 4. The Balaban J connectivity index is 3.70. The van der Waals surface area contributed by atoms with Gasteiger partial charge < -0.3 is 20.1 Å². The summed E-state index contributed by atoms with van der Waals surface area (Å²) in [5, 5.41) is 12.5. The molecule has 0 heterocycles. The quantitative estimate of drug-likeness (QED) is 0.0436. The van der Waals surface area contributed by atoms with Crippen LogP contribution in [0.4, 0.5) is 0 Å². The maximum atomic E-state index is 11.9. The zero-order chi connectivity index (χ0) is 29.0. The van der Waals surface area contributed by atoms with Gasteiger partial charge in [0.05, 0.1) is 13.2 Å². The molecule has 9 nitrogen and oxygen atoms in total. The van der Waals surface area contributed by atoms with Crippen molar-refractivity contribution in [2.75, 3.05) is 26.4 Å². The van der Waals surface area contributed by atoms with Gasteiger partial charge in [0.15, 0.2) is 0 Å². The molecule has 0 aliphatic carbocycles. The van der Waals surface area contributed by atoms with Crippen LogP contribution in [-0.4, -0.2) is 54.3 Å². The number of phosphoric acid groups is 1. The second kappa shape index (κ2) is 26.7. The van der Waals surface area contributed by atoms with E-state index in [9.17, 15) is 24.2 Å². The number of aliphatic hydroxyl groups is 1. The number of nitrogens with one attached hydrogen (secondary N) is 1. The van der Waals surface area contributed by atoms with Crippen LogP contribution in [0, 0.1) is 0 Å².